The van der Waals surface area contributed by atoms with Crippen molar-refractivity contribution in [2.24, 2.45) is 5.92 Å². The highest BCUT2D eigenvalue weighted by atomic mass is 19.1. The molecular formula is C16H23FN4O3. The van der Waals surface area contributed by atoms with Crippen LogP contribution in [0.25, 0.3) is 0 Å². The standard InChI is InChI=1S/C16H23FN4O3/c1-18-16(22)11-20-7-5-12(6-8-20)10-19(2)15-4-3-13(21(23)24)9-14(15)17/h3-4,9,12H,5-8,10-11H2,1-2H3,(H,18,22). The summed E-state index contributed by atoms with van der Waals surface area (Å²) in [5.74, 6) is -0.159. The van der Waals surface area contributed by atoms with Crippen LogP contribution in [0.3, 0.4) is 0 Å². The zero-order chi connectivity index (χ0) is 17.7. The second-order valence-corrected chi connectivity index (χ2v) is 6.17. The summed E-state index contributed by atoms with van der Waals surface area (Å²) in [6, 6.07) is 3.73. The second-order valence-electron chi connectivity index (χ2n) is 6.17. The van der Waals surface area contributed by atoms with Crippen LogP contribution in [0.2, 0.25) is 0 Å². The molecule has 1 aliphatic rings. The molecule has 0 unspecified atom stereocenters. The van der Waals surface area contributed by atoms with Crippen molar-refractivity contribution in [3.05, 3.63) is 34.1 Å². The van der Waals surface area contributed by atoms with Gasteiger partial charge in [-0.05, 0) is 37.9 Å². The number of amides is 1. The van der Waals surface area contributed by atoms with E-state index in [1.54, 1.807) is 19.0 Å². The number of hydrogen-bond acceptors (Lipinski definition) is 5. The fourth-order valence-electron chi connectivity index (χ4n) is 3.01. The summed E-state index contributed by atoms with van der Waals surface area (Å²) in [4.78, 5) is 25.4. The number of halogens is 1. The van der Waals surface area contributed by atoms with Gasteiger partial charge in [-0.25, -0.2) is 4.39 Å². The lowest BCUT2D eigenvalue weighted by Crippen LogP contribution is -2.42. The number of benzene rings is 1. The van der Waals surface area contributed by atoms with E-state index in [4.69, 9.17) is 0 Å². The van der Waals surface area contributed by atoms with Gasteiger partial charge in [-0.1, -0.05) is 0 Å². The summed E-state index contributed by atoms with van der Waals surface area (Å²) in [5, 5.41) is 13.3. The predicted octanol–water partition coefficient (Wildman–Crippen LogP) is 1.63. The van der Waals surface area contributed by atoms with Crippen molar-refractivity contribution in [2.45, 2.75) is 12.8 Å². The first-order valence-corrected chi connectivity index (χ1v) is 7.98. The Bertz CT molecular complexity index is 603. The Morgan fingerprint density at radius 1 is 1.46 bits per heavy atom. The predicted molar refractivity (Wildman–Crippen MR) is 89.6 cm³/mol. The highest BCUT2D eigenvalue weighted by Crippen LogP contribution is 2.26. The molecule has 0 spiro atoms. The first kappa shape index (κ1) is 18.1. The number of carbonyl (C=O) groups excluding carboxylic acids is 1. The van der Waals surface area contributed by atoms with Crippen LogP contribution in [-0.2, 0) is 4.79 Å². The zero-order valence-electron chi connectivity index (χ0n) is 14.0. The van der Waals surface area contributed by atoms with E-state index in [1.165, 1.54) is 12.1 Å². The maximum Gasteiger partial charge on any atom is 0.272 e. The van der Waals surface area contributed by atoms with Crippen LogP contribution < -0.4 is 10.2 Å². The smallest absolute Gasteiger partial charge is 0.272 e. The molecule has 1 N–H and O–H groups in total. The Labute approximate surface area is 140 Å². The van der Waals surface area contributed by atoms with E-state index in [0.717, 1.165) is 32.0 Å². The van der Waals surface area contributed by atoms with Gasteiger partial charge >= 0.3 is 0 Å². The van der Waals surface area contributed by atoms with Crippen LogP contribution in [-0.4, -0.2) is 56.0 Å². The lowest BCUT2D eigenvalue weighted by molar-refractivity contribution is -0.385. The second kappa shape index (κ2) is 8.05. The Balaban J connectivity index is 1.88. The molecule has 0 bridgehead atoms. The van der Waals surface area contributed by atoms with E-state index < -0.39 is 10.7 Å². The van der Waals surface area contributed by atoms with Gasteiger partial charge in [-0.3, -0.25) is 19.8 Å². The van der Waals surface area contributed by atoms with Crippen LogP contribution in [0.1, 0.15) is 12.8 Å². The molecule has 1 heterocycles. The highest BCUT2D eigenvalue weighted by Gasteiger charge is 2.23. The van der Waals surface area contributed by atoms with Gasteiger partial charge in [0.1, 0.15) is 0 Å². The summed E-state index contributed by atoms with van der Waals surface area (Å²) in [6.45, 7) is 2.78. The van der Waals surface area contributed by atoms with Crippen LogP contribution in [0.4, 0.5) is 15.8 Å². The van der Waals surface area contributed by atoms with Crippen molar-refractivity contribution < 1.29 is 14.1 Å². The van der Waals surface area contributed by atoms with Gasteiger partial charge in [-0.15, -0.1) is 0 Å². The lowest BCUT2D eigenvalue weighted by atomic mass is 9.96. The minimum atomic E-state index is -0.602. The molecule has 7 nitrogen and oxygen atoms in total. The molecule has 1 aromatic rings. The molecular weight excluding hydrogens is 315 g/mol. The Morgan fingerprint density at radius 2 is 2.12 bits per heavy atom. The first-order valence-electron chi connectivity index (χ1n) is 7.98. The van der Waals surface area contributed by atoms with Gasteiger partial charge in [0.25, 0.3) is 5.69 Å². The number of likely N-dealkylation sites (tertiary alicyclic amines) is 1. The SMILES string of the molecule is CNC(=O)CN1CCC(CN(C)c2ccc([N+](=O)[O-])cc2F)CC1. The molecule has 0 aliphatic carbocycles. The minimum absolute atomic E-state index is 0.0125. The monoisotopic (exact) mass is 338 g/mol. The number of carbonyl (C=O) groups is 1. The number of non-ortho nitro benzene ring substituents is 1. The normalized spacial score (nSPS) is 16.0. The summed E-state index contributed by atoms with van der Waals surface area (Å²) in [6.07, 6.45) is 1.88. The van der Waals surface area contributed by atoms with Crippen molar-refractivity contribution in [3.63, 3.8) is 0 Å². The number of nitro benzene ring substituents is 1. The molecule has 1 aliphatic heterocycles. The summed E-state index contributed by atoms with van der Waals surface area (Å²) in [7, 11) is 3.42. The molecule has 1 saturated heterocycles. The Morgan fingerprint density at radius 3 is 2.67 bits per heavy atom. The van der Waals surface area contributed by atoms with Crippen molar-refractivity contribution in [3.8, 4) is 0 Å². The number of hydrogen-bond donors (Lipinski definition) is 1. The van der Waals surface area contributed by atoms with E-state index in [9.17, 15) is 19.3 Å². The van der Waals surface area contributed by atoms with Crippen molar-refractivity contribution >= 4 is 17.3 Å². The van der Waals surface area contributed by atoms with Gasteiger partial charge in [0.15, 0.2) is 5.82 Å². The molecule has 0 saturated carbocycles. The average Bonchev–Trinajstić information content (AvgIpc) is 2.56. The van der Waals surface area contributed by atoms with Crippen LogP contribution in [0, 0.1) is 21.8 Å². The van der Waals surface area contributed by atoms with Gasteiger partial charge in [0, 0.05) is 26.7 Å². The van der Waals surface area contributed by atoms with E-state index in [-0.39, 0.29) is 11.6 Å². The van der Waals surface area contributed by atoms with E-state index in [0.29, 0.717) is 24.7 Å². The summed E-state index contributed by atoms with van der Waals surface area (Å²) >= 11 is 0. The quantitative estimate of drug-likeness (QED) is 0.630. The Kier molecular flexibility index (Phi) is 6.08. The fourth-order valence-corrected chi connectivity index (χ4v) is 3.01. The number of nitrogens with one attached hydrogen (secondary N) is 1. The molecule has 8 heteroatoms. The van der Waals surface area contributed by atoms with Crippen molar-refractivity contribution in [2.75, 3.05) is 45.2 Å². The van der Waals surface area contributed by atoms with E-state index >= 15 is 0 Å². The number of piperidine rings is 1. The minimum Gasteiger partial charge on any atom is -0.372 e. The van der Waals surface area contributed by atoms with Gasteiger partial charge < -0.3 is 10.2 Å². The molecule has 132 valence electrons. The highest BCUT2D eigenvalue weighted by molar-refractivity contribution is 5.77. The zero-order valence-corrected chi connectivity index (χ0v) is 14.0. The first-order chi connectivity index (χ1) is 11.4. The van der Waals surface area contributed by atoms with Crippen molar-refractivity contribution in [1.29, 1.82) is 0 Å². The summed E-state index contributed by atoms with van der Waals surface area (Å²) in [5.41, 5.74) is 0.126. The third kappa shape index (κ3) is 4.64. The number of likely N-dealkylation sites (N-methyl/N-ethyl adjacent to an activating group) is 1. The van der Waals surface area contributed by atoms with Crippen LogP contribution in [0.15, 0.2) is 18.2 Å². The van der Waals surface area contributed by atoms with E-state index in [2.05, 4.69) is 10.2 Å². The number of anilines is 1. The maximum atomic E-state index is 14.1. The van der Waals surface area contributed by atoms with Gasteiger partial charge in [-0.2, -0.15) is 0 Å². The maximum absolute atomic E-state index is 14.1. The van der Waals surface area contributed by atoms with Crippen LogP contribution >= 0.6 is 0 Å². The molecule has 2 rings (SSSR count). The summed E-state index contributed by atoms with van der Waals surface area (Å²) < 4.78 is 14.1. The van der Waals surface area contributed by atoms with Gasteiger partial charge in [0.05, 0.1) is 23.2 Å². The van der Waals surface area contributed by atoms with Crippen molar-refractivity contribution in [1.82, 2.24) is 10.2 Å². The number of nitrogens with zero attached hydrogens (tertiary/aromatic N) is 3. The number of rotatable bonds is 6. The molecule has 0 atom stereocenters. The number of nitro groups is 1. The molecule has 1 aromatic carbocycles. The molecule has 0 radical (unpaired) electrons. The Hall–Kier alpha value is -2.22. The van der Waals surface area contributed by atoms with E-state index in [1.807, 2.05) is 0 Å². The molecule has 1 amide bonds. The lowest BCUT2D eigenvalue weighted by Gasteiger charge is -2.34. The topological polar surface area (TPSA) is 78.7 Å². The van der Waals surface area contributed by atoms with Gasteiger partial charge in [0.2, 0.25) is 5.91 Å². The average molecular weight is 338 g/mol. The largest absolute Gasteiger partial charge is 0.372 e. The van der Waals surface area contributed by atoms with Crippen LogP contribution in [0.5, 0.6) is 0 Å². The third-order valence-electron chi connectivity index (χ3n) is 4.44. The molecule has 0 aromatic heterocycles. The molecule has 1 fully saturated rings. The third-order valence-corrected chi connectivity index (χ3v) is 4.44. The molecule has 24 heavy (non-hydrogen) atoms. The fraction of sp³-hybridized carbons (Fsp3) is 0.562.